The van der Waals surface area contributed by atoms with Crippen molar-refractivity contribution in [1.82, 2.24) is 9.62 Å². The van der Waals surface area contributed by atoms with Gasteiger partial charge in [0.15, 0.2) is 0 Å². The van der Waals surface area contributed by atoms with Gasteiger partial charge in [-0.2, -0.15) is 4.31 Å². The molecule has 0 bridgehead atoms. The van der Waals surface area contributed by atoms with Gasteiger partial charge in [-0.1, -0.05) is 30.4 Å². The summed E-state index contributed by atoms with van der Waals surface area (Å²) in [6.07, 6.45) is 7.15. The SMILES string of the molecule is O=S(=O)(c1ccccc1CNC1CC1)N1CC=CCC1. The second kappa shape index (κ2) is 5.68. The molecular formula is C15H20N2O2S. The van der Waals surface area contributed by atoms with E-state index in [0.717, 1.165) is 12.0 Å². The first-order valence-electron chi connectivity index (χ1n) is 7.14. The van der Waals surface area contributed by atoms with E-state index in [1.54, 1.807) is 16.4 Å². The highest BCUT2D eigenvalue weighted by molar-refractivity contribution is 7.89. The normalized spacial score (nSPS) is 20.2. The van der Waals surface area contributed by atoms with Gasteiger partial charge in [-0.15, -0.1) is 0 Å². The van der Waals surface area contributed by atoms with Crippen LogP contribution in [0.2, 0.25) is 0 Å². The molecule has 108 valence electrons. The largest absolute Gasteiger partial charge is 0.310 e. The number of hydrogen-bond acceptors (Lipinski definition) is 3. The molecule has 0 atom stereocenters. The molecule has 3 rings (SSSR count). The smallest absolute Gasteiger partial charge is 0.243 e. The molecule has 0 unspecified atom stereocenters. The molecule has 0 aromatic heterocycles. The molecular weight excluding hydrogens is 272 g/mol. The Hall–Kier alpha value is -1.17. The van der Waals surface area contributed by atoms with Gasteiger partial charge in [0.25, 0.3) is 0 Å². The van der Waals surface area contributed by atoms with Crippen molar-refractivity contribution in [3.8, 4) is 0 Å². The van der Waals surface area contributed by atoms with E-state index in [1.165, 1.54) is 12.8 Å². The minimum atomic E-state index is -3.38. The van der Waals surface area contributed by atoms with Gasteiger partial charge < -0.3 is 5.32 Å². The van der Waals surface area contributed by atoms with E-state index < -0.39 is 10.0 Å². The average molecular weight is 292 g/mol. The maximum absolute atomic E-state index is 12.7. The van der Waals surface area contributed by atoms with Crippen LogP contribution in [-0.2, 0) is 16.6 Å². The topological polar surface area (TPSA) is 49.4 Å². The molecule has 2 aliphatic rings. The monoisotopic (exact) mass is 292 g/mol. The third kappa shape index (κ3) is 2.95. The van der Waals surface area contributed by atoms with Gasteiger partial charge in [-0.25, -0.2) is 8.42 Å². The van der Waals surface area contributed by atoms with Crippen molar-refractivity contribution < 1.29 is 8.42 Å². The van der Waals surface area contributed by atoms with Gasteiger partial charge in [-0.3, -0.25) is 0 Å². The molecule has 5 heteroatoms. The lowest BCUT2D eigenvalue weighted by atomic mass is 10.2. The molecule has 0 radical (unpaired) electrons. The zero-order chi connectivity index (χ0) is 14.0. The molecule has 1 heterocycles. The lowest BCUT2D eigenvalue weighted by Gasteiger charge is -2.24. The predicted octanol–water partition coefficient (Wildman–Crippen LogP) is 1.89. The Bertz CT molecular complexity index is 606. The molecule has 1 aromatic rings. The average Bonchev–Trinajstić information content (AvgIpc) is 3.30. The quantitative estimate of drug-likeness (QED) is 0.843. The van der Waals surface area contributed by atoms with Crippen LogP contribution >= 0.6 is 0 Å². The van der Waals surface area contributed by atoms with Crippen molar-refractivity contribution in [3.05, 3.63) is 42.0 Å². The number of nitrogens with zero attached hydrogens (tertiary/aromatic N) is 1. The molecule has 1 aliphatic heterocycles. The summed E-state index contributed by atoms with van der Waals surface area (Å²) in [6, 6.07) is 7.90. The molecule has 1 aromatic carbocycles. The van der Waals surface area contributed by atoms with Gasteiger partial charge in [0, 0.05) is 25.7 Å². The third-order valence-electron chi connectivity index (χ3n) is 3.77. The first-order valence-corrected chi connectivity index (χ1v) is 8.58. The summed E-state index contributed by atoms with van der Waals surface area (Å²) >= 11 is 0. The molecule has 20 heavy (non-hydrogen) atoms. The molecule has 1 fully saturated rings. The molecule has 1 saturated carbocycles. The van der Waals surface area contributed by atoms with Gasteiger partial charge in [0.2, 0.25) is 10.0 Å². The Labute approximate surface area is 120 Å². The Morgan fingerprint density at radius 3 is 2.70 bits per heavy atom. The Morgan fingerprint density at radius 1 is 1.20 bits per heavy atom. The van der Waals surface area contributed by atoms with Crippen LogP contribution in [0.1, 0.15) is 24.8 Å². The number of rotatable bonds is 5. The van der Waals surface area contributed by atoms with Crippen LogP contribution in [0.15, 0.2) is 41.3 Å². The zero-order valence-corrected chi connectivity index (χ0v) is 12.3. The van der Waals surface area contributed by atoms with Crippen LogP contribution in [0, 0.1) is 0 Å². The first-order chi connectivity index (χ1) is 9.68. The Balaban J connectivity index is 1.85. The van der Waals surface area contributed by atoms with Crippen molar-refractivity contribution in [2.75, 3.05) is 13.1 Å². The highest BCUT2D eigenvalue weighted by Gasteiger charge is 2.27. The van der Waals surface area contributed by atoms with Crippen LogP contribution < -0.4 is 5.32 Å². The summed E-state index contributed by atoms with van der Waals surface area (Å²) in [7, 11) is -3.38. The fourth-order valence-corrected chi connectivity index (χ4v) is 4.05. The van der Waals surface area contributed by atoms with E-state index >= 15 is 0 Å². The highest BCUT2D eigenvalue weighted by Crippen LogP contribution is 2.24. The lowest BCUT2D eigenvalue weighted by molar-refractivity contribution is 0.436. The summed E-state index contributed by atoms with van der Waals surface area (Å²) in [4.78, 5) is 0.448. The molecule has 0 spiro atoms. The number of sulfonamides is 1. The zero-order valence-electron chi connectivity index (χ0n) is 11.5. The number of hydrogen-bond donors (Lipinski definition) is 1. The van der Waals surface area contributed by atoms with Gasteiger partial charge >= 0.3 is 0 Å². The van der Waals surface area contributed by atoms with Crippen molar-refractivity contribution in [2.45, 2.75) is 36.7 Å². The van der Waals surface area contributed by atoms with Gasteiger partial charge in [0.05, 0.1) is 4.90 Å². The predicted molar refractivity (Wildman–Crippen MR) is 78.8 cm³/mol. The van der Waals surface area contributed by atoms with Crippen LogP contribution in [0.25, 0.3) is 0 Å². The van der Waals surface area contributed by atoms with E-state index in [1.807, 2.05) is 24.3 Å². The fourth-order valence-electron chi connectivity index (χ4n) is 2.42. The molecule has 0 saturated heterocycles. The van der Waals surface area contributed by atoms with Crippen LogP contribution in [-0.4, -0.2) is 31.9 Å². The van der Waals surface area contributed by atoms with Crippen molar-refractivity contribution in [3.63, 3.8) is 0 Å². The van der Waals surface area contributed by atoms with Crippen molar-refractivity contribution in [2.24, 2.45) is 0 Å². The summed E-state index contributed by atoms with van der Waals surface area (Å²) < 4.78 is 27.0. The minimum Gasteiger partial charge on any atom is -0.310 e. The minimum absolute atomic E-state index is 0.448. The third-order valence-corrected chi connectivity index (χ3v) is 5.74. The van der Waals surface area contributed by atoms with E-state index in [9.17, 15) is 8.42 Å². The van der Waals surface area contributed by atoms with Crippen LogP contribution in [0.3, 0.4) is 0 Å². The Kier molecular flexibility index (Phi) is 3.92. The molecule has 1 N–H and O–H groups in total. The van der Waals surface area contributed by atoms with Crippen LogP contribution in [0.5, 0.6) is 0 Å². The summed E-state index contributed by atoms with van der Waals surface area (Å²) in [5.74, 6) is 0. The maximum Gasteiger partial charge on any atom is 0.243 e. The lowest BCUT2D eigenvalue weighted by Crippen LogP contribution is -2.34. The molecule has 0 amide bonds. The summed E-state index contributed by atoms with van der Waals surface area (Å²) in [5, 5.41) is 3.39. The number of benzene rings is 1. The second-order valence-electron chi connectivity index (χ2n) is 5.39. The van der Waals surface area contributed by atoms with E-state index in [0.29, 0.717) is 30.6 Å². The van der Waals surface area contributed by atoms with E-state index in [-0.39, 0.29) is 0 Å². The molecule has 1 aliphatic carbocycles. The second-order valence-corrected chi connectivity index (χ2v) is 7.29. The van der Waals surface area contributed by atoms with E-state index in [4.69, 9.17) is 0 Å². The summed E-state index contributed by atoms with van der Waals surface area (Å²) in [5.41, 5.74) is 0.869. The van der Waals surface area contributed by atoms with Crippen molar-refractivity contribution >= 4 is 10.0 Å². The van der Waals surface area contributed by atoms with Gasteiger partial charge in [-0.05, 0) is 30.9 Å². The highest BCUT2D eigenvalue weighted by atomic mass is 32.2. The van der Waals surface area contributed by atoms with Crippen molar-refractivity contribution in [1.29, 1.82) is 0 Å². The van der Waals surface area contributed by atoms with E-state index in [2.05, 4.69) is 5.32 Å². The molecule has 4 nitrogen and oxygen atoms in total. The fraction of sp³-hybridized carbons (Fsp3) is 0.467. The summed E-state index contributed by atoms with van der Waals surface area (Å²) in [6.45, 7) is 1.68. The van der Waals surface area contributed by atoms with Crippen LogP contribution in [0.4, 0.5) is 0 Å². The Morgan fingerprint density at radius 2 is 2.00 bits per heavy atom. The van der Waals surface area contributed by atoms with Gasteiger partial charge in [0.1, 0.15) is 0 Å². The number of nitrogens with one attached hydrogen (secondary N) is 1. The first kappa shape index (κ1) is 13.8. The standard InChI is InChI=1S/C15H20N2O2S/c18-20(19,17-10-4-1-5-11-17)15-7-3-2-6-13(15)12-16-14-8-9-14/h1-4,6-7,14,16H,5,8-12H2. The maximum atomic E-state index is 12.7.